The number of hydrogen-bond acceptors (Lipinski definition) is 5. The van der Waals surface area contributed by atoms with Crippen LogP contribution in [0.4, 0.5) is 11.4 Å². The third-order valence-electron chi connectivity index (χ3n) is 4.20. The molecule has 1 saturated heterocycles. The molecule has 2 aromatic rings. The van der Waals surface area contributed by atoms with Crippen LogP contribution in [0.5, 0.6) is 0 Å². The number of piperidine rings is 1. The van der Waals surface area contributed by atoms with Gasteiger partial charge in [0.15, 0.2) is 0 Å². The second kappa shape index (κ2) is 7.00. The number of nitrogens with one attached hydrogen (secondary N) is 2. The molecule has 0 spiro atoms. The molecule has 2 N–H and O–H groups in total. The van der Waals surface area contributed by atoms with Gasteiger partial charge in [0.2, 0.25) is 0 Å². The van der Waals surface area contributed by atoms with Gasteiger partial charge < -0.3 is 10.2 Å². The molecule has 2 aromatic heterocycles. The zero-order valence-corrected chi connectivity index (χ0v) is 13.8. The van der Waals surface area contributed by atoms with Gasteiger partial charge >= 0.3 is 0 Å². The second-order valence-electron chi connectivity index (χ2n) is 5.66. The molecule has 0 bridgehead atoms. The van der Waals surface area contributed by atoms with Crippen molar-refractivity contribution < 1.29 is 0 Å². The van der Waals surface area contributed by atoms with Crippen molar-refractivity contribution in [2.75, 3.05) is 23.3 Å². The number of H-pyrrole nitrogens is 1. The Kier molecular flexibility index (Phi) is 4.81. The largest absolute Gasteiger partial charge is 0.381 e. The number of rotatable bonds is 4. The van der Waals surface area contributed by atoms with E-state index in [4.69, 9.17) is 11.6 Å². The first kappa shape index (κ1) is 15.8. The normalized spacial score (nSPS) is 15.7. The Hall–Kier alpha value is -2.08. The van der Waals surface area contributed by atoms with Gasteiger partial charge in [-0.2, -0.15) is 5.10 Å². The first-order valence-electron chi connectivity index (χ1n) is 7.87. The van der Waals surface area contributed by atoms with Crippen LogP contribution in [0.1, 0.15) is 25.5 Å². The first-order chi connectivity index (χ1) is 11.2. The van der Waals surface area contributed by atoms with E-state index in [0.29, 0.717) is 11.7 Å². The summed E-state index contributed by atoms with van der Waals surface area (Å²) in [5, 5.41) is 10.00. The quantitative estimate of drug-likeness (QED) is 0.899. The molecule has 0 saturated carbocycles. The van der Waals surface area contributed by atoms with Crippen LogP contribution in [-0.2, 0) is 6.42 Å². The lowest BCUT2D eigenvalue weighted by molar-refractivity contribution is 0.525. The summed E-state index contributed by atoms with van der Waals surface area (Å²) in [6.07, 6.45) is 6.31. The maximum atomic E-state index is 11.6. The maximum absolute atomic E-state index is 11.6. The van der Waals surface area contributed by atoms with Gasteiger partial charge in [-0.15, -0.1) is 0 Å². The van der Waals surface area contributed by atoms with E-state index in [9.17, 15) is 4.79 Å². The Morgan fingerprint density at radius 2 is 2.22 bits per heavy atom. The van der Waals surface area contributed by atoms with Crippen LogP contribution in [0.15, 0.2) is 29.3 Å². The summed E-state index contributed by atoms with van der Waals surface area (Å²) in [5.41, 5.74) is 2.58. The predicted octanol–water partition coefficient (Wildman–Crippen LogP) is 2.46. The van der Waals surface area contributed by atoms with Gasteiger partial charge in [-0.3, -0.25) is 9.78 Å². The Labute approximate surface area is 139 Å². The van der Waals surface area contributed by atoms with Gasteiger partial charge in [-0.1, -0.05) is 18.5 Å². The molecular formula is C16H20ClN5O. The molecule has 0 unspecified atom stereocenters. The molecule has 7 heteroatoms. The van der Waals surface area contributed by atoms with Crippen molar-refractivity contribution in [1.82, 2.24) is 15.2 Å². The van der Waals surface area contributed by atoms with Crippen molar-refractivity contribution in [2.24, 2.45) is 0 Å². The van der Waals surface area contributed by atoms with Crippen molar-refractivity contribution in [3.05, 3.63) is 45.6 Å². The molecule has 3 heterocycles. The number of hydrogen-bond donors (Lipinski definition) is 2. The highest BCUT2D eigenvalue weighted by Gasteiger charge is 2.22. The summed E-state index contributed by atoms with van der Waals surface area (Å²) in [6.45, 7) is 3.78. The molecule has 122 valence electrons. The van der Waals surface area contributed by atoms with E-state index in [1.165, 1.54) is 0 Å². The maximum Gasteiger partial charge on any atom is 0.285 e. The van der Waals surface area contributed by atoms with Gasteiger partial charge in [0.05, 0.1) is 23.3 Å². The highest BCUT2D eigenvalue weighted by atomic mass is 35.5. The van der Waals surface area contributed by atoms with Crippen molar-refractivity contribution in [3.8, 4) is 0 Å². The van der Waals surface area contributed by atoms with Crippen LogP contribution < -0.4 is 15.8 Å². The molecule has 1 aliphatic rings. The van der Waals surface area contributed by atoms with Crippen LogP contribution in [0.2, 0.25) is 5.02 Å². The third kappa shape index (κ3) is 3.47. The smallest absolute Gasteiger partial charge is 0.285 e. The highest BCUT2D eigenvalue weighted by molar-refractivity contribution is 6.32. The molecule has 0 amide bonds. The molecule has 6 nitrogen and oxygen atoms in total. The number of aryl methyl sites for hydroxylation is 1. The molecule has 0 aliphatic carbocycles. The Morgan fingerprint density at radius 1 is 1.43 bits per heavy atom. The lowest BCUT2D eigenvalue weighted by Crippen LogP contribution is -2.40. The molecular weight excluding hydrogens is 314 g/mol. The number of aromatic nitrogens is 3. The molecule has 23 heavy (non-hydrogen) atoms. The topological polar surface area (TPSA) is 73.9 Å². The summed E-state index contributed by atoms with van der Waals surface area (Å²) < 4.78 is 0. The lowest BCUT2D eigenvalue weighted by Gasteiger charge is -2.34. The molecule has 0 radical (unpaired) electrons. The Balaban J connectivity index is 1.64. The van der Waals surface area contributed by atoms with E-state index in [2.05, 4.69) is 38.4 Å². The molecule has 1 aliphatic heterocycles. The van der Waals surface area contributed by atoms with Gasteiger partial charge in [-0.25, -0.2) is 5.10 Å². The minimum atomic E-state index is -0.340. The monoisotopic (exact) mass is 333 g/mol. The summed E-state index contributed by atoms with van der Waals surface area (Å²) in [4.78, 5) is 18.1. The van der Waals surface area contributed by atoms with E-state index < -0.39 is 0 Å². The van der Waals surface area contributed by atoms with E-state index >= 15 is 0 Å². The van der Waals surface area contributed by atoms with E-state index in [1.54, 1.807) is 6.20 Å². The third-order valence-corrected chi connectivity index (χ3v) is 4.56. The predicted molar refractivity (Wildman–Crippen MR) is 92.3 cm³/mol. The number of halogens is 1. The molecule has 1 fully saturated rings. The van der Waals surface area contributed by atoms with E-state index in [-0.39, 0.29) is 10.6 Å². The van der Waals surface area contributed by atoms with E-state index in [1.807, 2.05) is 12.3 Å². The van der Waals surface area contributed by atoms with Crippen LogP contribution in [0.25, 0.3) is 0 Å². The fourth-order valence-corrected chi connectivity index (χ4v) is 3.14. The van der Waals surface area contributed by atoms with Crippen molar-refractivity contribution in [1.29, 1.82) is 0 Å². The Morgan fingerprint density at radius 3 is 2.96 bits per heavy atom. The minimum absolute atomic E-state index is 0.215. The summed E-state index contributed by atoms with van der Waals surface area (Å²) in [7, 11) is 0. The SMILES string of the molecule is CCc1ncccc1NC1CCN(c2cn[nH]c(=O)c2Cl)CC1. The van der Waals surface area contributed by atoms with Gasteiger partial charge in [0.1, 0.15) is 5.02 Å². The van der Waals surface area contributed by atoms with E-state index in [0.717, 1.165) is 43.7 Å². The second-order valence-corrected chi connectivity index (χ2v) is 6.03. The Bertz CT molecular complexity index is 724. The number of anilines is 2. The molecule has 0 atom stereocenters. The lowest BCUT2D eigenvalue weighted by atomic mass is 10.0. The number of nitrogens with zero attached hydrogens (tertiary/aromatic N) is 3. The number of aromatic amines is 1. The minimum Gasteiger partial charge on any atom is -0.381 e. The van der Waals surface area contributed by atoms with Crippen LogP contribution in [0.3, 0.4) is 0 Å². The van der Waals surface area contributed by atoms with Crippen LogP contribution in [-0.4, -0.2) is 34.3 Å². The highest BCUT2D eigenvalue weighted by Crippen LogP contribution is 2.26. The zero-order valence-electron chi connectivity index (χ0n) is 13.1. The van der Waals surface area contributed by atoms with Gasteiger partial charge in [0, 0.05) is 25.3 Å². The van der Waals surface area contributed by atoms with Gasteiger partial charge in [-0.05, 0) is 31.4 Å². The van der Waals surface area contributed by atoms with Crippen LogP contribution >= 0.6 is 11.6 Å². The fourth-order valence-electron chi connectivity index (χ4n) is 2.93. The summed E-state index contributed by atoms with van der Waals surface area (Å²) >= 11 is 6.08. The van der Waals surface area contributed by atoms with Crippen molar-refractivity contribution >= 4 is 23.0 Å². The molecule has 3 rings (SSSR count). The van der Waals surface area contributed by atoms with Gasteiger partial charge in [0.25, 0.3) is 5.56 Å². The summed E-state index contributed by atoms with van der Waals surface area (Å²) in [5.74, 6) is 0. The average Bonchev–Trinajstić information content (AvgIpc) is 2.59. The first-order valence-corrected chi connectivity index (χ1v) is 8.25. The summed E-state index contributed by atoms with van der Waals surface area (Å²) in [6, 6.07) is 4.43. The average molecular weight is 334 g/mol. The standard InChI is InChI=1S/C16H20ClN5O/c1-2-12-13(4-3-7-18-12)20-11-5-8-22(9-6-11)14-10-19-21-16(23)15(14)17/h3-4,7,10-11,20H,2,5-6,8-9H2,1H3,(H,21,23). The van der Waals surface area contributed by atoms with Crippen molar-refractivity contribution in [3.63, 3.8) is 0 Å². The fraction of sp³-hybridized carbons (Fsp3) is 0.438. The van der Waals surface area contributed by atoms with Crippen LogP contribution in [0, 0.1) is 0 Å². The molecule has 0 aromatic carbocycles. The number of pyridine rings is 1. The zero-order chi connectivity index (χ0) is 16.2. The van der Waals surface area contributed by atoms with Crippen molar-refractivity contribution in [2.45, 2.75) is 32.2 Å².